The van der Waals surface area contributed by atoms with Crippen molar-refractivity contribution in [2.45, 2.75) is 130 Å². The summed E-state index contributed by atoms with van der Waals surface area (Å²) in [5, 5.41) is 2.18. The van der Waals surface area contributed by atoms with Crippen LogP contribution in [0.25, 0.3) is 27.2 Å². The summed E-state index contributed by atoms with van der Waals surface area (Å²) in [6.07, 6.45) is -1.56. The summed E-state index contributed by atoms with van der Waals surface area (Å²) in [5.74, 6) is -1.71. The van der Waals surface area contributed by atoms with E-state index in [9.17, 15) is 14.4 Å². The second-order valence-corrected chi connectivity index (χ2v) is 26.8. The molecule has 17 heteroatoms. The number of rotatable bonds is 8. The lowest BCUT2D eigenvalue weighted by Gasteiger charge is -2.35. The molecule has 10 rings (SSSR count). The molecule has 1 unspecified atom stereocenters. The molecule has 0 saturated heterocycles. The van der Waals surface area contributed by atoms with Gasteiger partial charge in [0.25, 0.3) is 5.97 Å². The van der Waals surface area contributed by atoms with Crippen molar-refractivity contribution < 1.29 is 37.8 Å². The highest BCUT2D eigenvalue weighted by Crippen LogP contribution is 2.47. The van der Waals surface area contributed by atoms with Crippen LogP contribution in [0, 0.1) is 0 Å². The number of anilines is 1. The lowest BCUT2D eigenvalue weighted by Crippen LogP contribution is -2.65. The van der Waals surface area contributed by atoms with Crippen molar-refractivity contribution in [3.63, 3.8) is 0 Å². The van der Waals surface area contributed by atoms with Gasteiger partial charge < -0.3 is 24.4 Å². The fourth-order valence-corrected chi connectivity index (χ4v) is 14.0. The summed E-state index contributed by atoms with van der Waals surface area (Å²) in [7, 11) is -2.81. The molecular formula is C59H64N8O8Si. The largest absolute Gasteiger partial charge is 0.572 e. The molecule has 0 aliphatic carbocycles. The van der Waals surface area contributed by atoms with E-state index >= 15 is 4.79 Å². The number of benzene rings is 4. The van der Waals surface area contributed by atoms with Gasteiger partial charge in [-0.05, 0) is 68.2 Å². The molecular weight excluding hydrogens is 977 g/mol. The number of carbonyl (C=O) groups excluding carboxylic acids is 4. The zero-order chi connectivity index (χ0) is 54.8. The van der Waals surface area contributed by atoms with E-state index in [2.05, 4.69) is 101 Å². The van der Waals surface area contributed by atoms with Crippen molar-refractivity contribution in [1.82, 2.24) is 8.47 Å². The van der Waals surface area contributed by atoms with E-state index in [4.69, 9.17) is 49.3 Å². The van der Waals surface area contributed by atoms with Crippen molar-refractivity contribution in [3.05, 3.63) is 134 Å². The number of hydrogen-bond donors (Lipinski definition) is 1. The van der Waals surface area contributed by atoms with Gasteiger partial charge in [0.2, 0.25) is 5.38 Å². The van der Waals surface area contributed by atoms with Gasteiger partial charge in [0.15, 0.2) is 17.5 Å². The van der Waals surface area contributed by atoms with Crippen LogP contribution in [0.3, 0.4) is 0 Å². The van der Waals surface area contributed by atoms with Crippen molar-refractivity contribution in [2.75, 3.05) is 20.0 Å². The SMILES string of the molecule is COC(=O)CCC(=O)OC1=C2N=C(N=c3c4ccc(C(C)(C)C)cc4c4n3[Si]1(OC(=O)CCC(=O)OC)n1c(N)c3cc(C(C)(C)C)ccc3c1N=C1N=C(N=4)c3ccc(C(C)(C)C)cc31)c1cc(C(C)(C)C)ccc12. The summed E-state index contributed by atoms with van der Waals surface area (Å²) >= 11 is 0. The van der Waals surface area contributed by atoms with Crippen molar-refractivity contribution >= 4 is 88.9 Å². The molecule has 392 valence electrons. The number of aromatic nitrogens is 2. The first kappa shape index (κ1) is 51.7. The van der Waals surface area contributed by atoms with Gasteiger partial charge in [-0.1, -0.05) is 132 Å². The molecule has 6 aromatic rings. The van der Waals surface area contributed by atoms with Crippen LogP contribution in [0.1, 0.15) is 153 Å². The smallest absolute Gasteiger partial charge is 0.477 e. The molecule has 4 bridgehead atoms. The van der Waals surface area contributed by atoms with Gasteiger partial charge in [-0.3, -0.25) is 27.6 Å². The molecule has 0 fully saturated rings. The Bertz CT molecular complexity index is 3830. The fraction of sp³-hybridized carbons (Fsp3) is 0.373. The maximum atomic E-state index is 15.4. The second-order valence-electron chi connectivity index (χ2n) is 24.0. The summed E-state index contributed by atoms with van der Waals surface area (Å²) in [5.41, 5.74) is 13.7. The number of amidine groups is 3. The lowest BCUT2D eigenvalue weighted by molar-refractivity contribution is -0.146. The van der Waals surface area contributed by atoms with Crippen molar-refractivity contribution in [1.29, 1.82) is 0 Å². The molecule has 0 saturated carbocycles. The van der Waals surface area contributed by atoms with Gasteiger partial charge in [-0.15, -0.1) is 0 Å². The van der Waals surface area contributed by atoms with E-state index in [-0.39, 0.29) is 68.2 Å². The molecule has 0 spiro atoms. The van der Waals surface area contributed by atoms with Crippen LogP contribution in [0.15, 0.2) is 103 Å². The molecule has 1 atom stereocenters. The zero-order valence-electron chi connectivity index (χ0n) is 45.7. The Morgan fingerprint density at radius 1 is 0.474 bits per heavy atom. The first-order valence-electron chi connectivity index (χ1n) is 25.6. The Labute approximate surface area is 442 Å². The number of methoxy groups -OCH3 is 2. The minimum atomic E-state index is -5.30. The summed E-state index contributed by atoms with van der Waals surface area (Å²) in [4.78, 5) is 83.3. The molecule has 4 aromatic carbocycles. The first-order chi connectivity index (χ1) is 35.6. The first-order valence-corrected chi connectivity index (χ1v) is 27.4. The molecule has 6 heterocycles. The summed E-state index contributed by atoms with van der Waals surface area (Å²) in [6.45, 7) is 25.4. The highest BCUT2D eigenvalue weighted by Gasteiger charge is 2.60. The highest BCUT2D eigenvalue weighted by molar-refractivity contribution is 6.81. The minimum absolute atomic E-state index is 0.110. The molecule has 0 amide bonds. The number of nitrogens with two attached hydrogens (primary N) is 1. The predicted octanol–water partition coefficient (Wildman–Crippen LogP) is 9.47. The normalized spacial score (nSPS) is 16.7. The number of ether oxygens (including phenoxy) is 3. The van der Waals surface area contributed by atoms with Crippen molar-refractivity contribution in [3.8, 4) is 0 Å². The quantitative estimate of drug-likeness (QED) is 0.0875. The van der Waals surface area contributed by atoms with Gasteiger partial charge in [-0.2, -0.15) is 0 Å². The number of nitrogen functional groups attached to an aromatic ring is 1. The van der Waals surface area contributed by atoms with E-state index in [1.54, 1.807) is 8.47 Å². The third-order valence-electron chi connectivity index (χ3n) is 14.6. The molecule has 4 aliphatic heterocycles. The highest BCUT2D eigenvalue weighted by atomic mass is 28.4. The van der Waals surface area contributed by atoms with Gasteiger partial charge in [-0.25, -0.2) is 25.0 Å². The van der Waals surface area contributed by atoms with E-state index in [0.717, 1.165) is 22.3 Å². The number of fused-ring (bicyclic) bond motifs is 15. The topological polar surface area (TPSA) is 203 Å². The molecule has 16 nitrogen and oxygen atoms in total. The van der Waals surface area contributed by atoms with E-state index in [1.807, 2.05) is 54.6 Å². The Morgan fingerprint density at radius 2 is 0.921 bits per heavy atom. The van der Waals surface area contributed by atoms with Crippen LogP contribution >= 0.6 is 0 Å². The summed E-state index contributed by atoms with van der Waals surface area (Å²) < 4.78 is 27.7. The van der Waals surface area contributed by atoms with Gasteiger partial charge >= 0.3 is 26.5 Å². The van der Waals surface area contributed by atoms with E-state index < -0.39 is 45.4 Å². The van der Waals surface area contributed by atoms with Gasteiger partial charge in [0.1, 0.15) is 28.3 Å². The summed E-state index contributed by atoms with van der Waals surface area (Å²) in [6, 6.07) is 24.2. The number of aliphatic imine (C=N–C) groups is 3. The van der Waals surface area contributed by atoms with Crippen LogP contribution < -0.4 is 16.7 Å². The minimum Gasteiger partial charge on any atom is -0.477 e. The molecule has 2 aromatic heterocycles. The molecule has 76 heavy (non-hydrogen) atoms. The Hall–Kier alpha value is -7.79. The average molecular weight is 1040 g/mol. The Balaban J connectivity index is 1.49. The zero-order valence-corrected chi connectivity index (χ0v) is 46.7. The number of carbonyl (C=O) groups is 4. The van der Waals surface area contributed by atoms with Crippen LogP contribution in [0.2, 0.25) is 0 Å². The third kappa shape index (κ3) is 8.57. The van der Waals surface area contributed by atoms with Crippen molar-refractivity contribution in [2.24, 2.45) is 25.0 Å². The fourth-order valence-electron chi connectivity index (χ4n) is 10.1. The predicted molar refractivity (Wildman–Crippen MR) is 296 cm³/mol. The lowest BCUT2D eigenvalue weighted by atomic mass is 9.85. The number of hydrogen-bond acceptors (Lipinski definition) is 14. The van der Waals surface area contributed by atoms with Crippen LogP contribution in [-0.2, 0) is 59.5 Å². The monoisotopic (exact) mass is 1040 g/mol. The third-order valence-corrected chi connectivity index (χ3v) is 18.1. The molecule has 0 radical (unpaired) electrons. The van der Waals surface area contributed by atoms with E-state index in [1.165, 1.54) is 14.2 Å². The second kappa shape index (κ2) is 17.9. The molecule has 2 N–H and O–H groups in total. The Morgan fingerprint density at radius 3 is 1.49 bits per heavy atom. The van der Waals surface area contributed by atoms with Gasteiger partial charge in [0.05, 0.1) is 39.9 Å². The van der Waals surface area contributed by atoms with Crippen LogP contribution in [-0.4, -0.2) is 72.7 Å². The Kier molecular flexibility index (Phi) is 12.2. The van der Waals surface area contributed by atoms with E-state index in [0.29, 0.717) is 61.3 Å². The standard InChI is InChI=1S/C59H64N8O8Si/c1-56(2,3)31-17-21-37-39(27-31)48(60)66-52(37)65-51-41-29-33(58(7,8)9)16-20-36(41)49(62-51)63-54-42-30-34(59(10,11)12)18-22-38(42)53-64-50-40-28-32(57(4,5)6)15-19-35(40)47(61-50)55(74-45(70)25-23-43(68)72-13)76(66,67(53)54)75-46(71)26-24-44(69)73-14/h15-22,27-30H,23-26,60H2,1-14H3. The average Bonchev–Trinajstić information content (AvgIpc) is 4.08. The van der Waals surface area contributed by atoms with Crippen LogP contribution in [0.5, 0.6) is 0 Å². The van der Waals surface area contributed by atoms with Crippen LogP contribution in [0.4, 0.5) is 11.6 Å². The van der Waals surface area contributed by atoms with Gasteiger partial charge in [0, 0.05) is 43.8 Å². The number of nitrogens with zero attached hydrogens (tertiary/aromatic N) is 7. The molecule has 4 aliphatic rings. The maximum Gasteiger partial charge on any atom is 0.572 e. The number of esters is 3. The maximum absolute atomic E-state index is 15.4.